The van der Waals surface area contributed by atoms with Crippen LogP contribution in [0.1, 0.15) is 69.4 Å². The summed E-state index contributed by atoms with van der Waals surface area (Å²) < 4.78 is 124. The molecule has 1 fully saturated rings. The molecule has 2 N–H and O–H groups in total. The van der Waals surface area contributed by atoms with Crippen molar-refractivity contribution in [2.45, 2.75) is 38.9 Å². The number of furan rings is 2. The van der Waals surface area contributed by atoms with E-state index in [1.54, 1.807) is 36.4 Å². The van der Waals surface area contributed by atoms with Gasteiger partial charge in [-0.2, -0.15) is 0 Å². The summed E-state index contributed by atoms with van der Waals surface area (Å²) in [6, 6.07) is 23.6. The highest BCUT2D eigenvalue weighted by Gasteiger charge is 2.53. The number of carbonyl (C=O) groups is 4. The third-order valence-corrected chi connectivity index (χ3v) is 16.9. The van der Waals surface area contributed by atoms with Gasteiger partial charge >= 0.3 is 19.1 Å². The number of hydrogen-bond acceptors (Lipinski definition) is 18. The van der Waals surface area contributed by atoms with Crippen LogP contribution in [0.5, 0.6) is 11.5 Å². The van der Waals surface area contributed by atoms with Crippen LogP contribution in [0.25, 0.3) is 55.8 Å². The highest BCUT2D eigenvalue weighted by molar-refractivity contribution is 9.10. The van der Waals surface area contributed by atoms with E-state index in [2.05, 4.69) is 41.3 Å². The molecule has 0 saturated carbocycles. The van der Waals surface area contributed by atoms with E-state index in [1.165, 1.54) is 117 Å². The first-order valence-corrected chi connectivity index (χ1v) is 30.2. The highest BCUT2D eigenvalue weighted by atomic mass is 79.9. The molecule has 1 aliphatic heterocycles. The molecule has 9 rings (SSSR count). The molecule has 0 atom stereocenters. The molecule has 1 saturated heterocycles. The Morgan fingerprint density at radius 3 is 1.42 bits per heavy atom. The Morgan fingerprint density at radius 1 is 0.593 bits per heavy atom. The van der Waals surface area contributed by atoms with Crippen molar-refractivity contribution in [3.8, 4) is 45.4 Å². The van der Waals surface area contributed by atoms with Gasteiger partial charge in [-0.25, -0.2) is 45.2 Å². The molecular weight excluding hydrogens is 1230 g/mol. The van der Waals surface area contributed by atoms with E-state index in [-0.39, 0.29) is 67.9 Å². The van der Waals surface area contributed by atoms with Crippen molar-refractivity contribution in [1.29, 1.82) is 0 Å². The zero-order valence-electron chi connectivity index (χ0n) is 49.1. The molecule has 5 heterocycles. The normalized spacial score (nSPS) is 13.4. The molecule has 22 nitrogen and oxygen atoms in total. The van der Waals surface area contributed by atoms with Crippen LogP contribution < -0.4 is 34.2 Å². The molecule has 28 heteroatoms. The lowest BCUT2D eigenvalue weighted by atomic mass is 9.77. The number of aromatic nitrogens is 2. The predicted molar refractivity (Wildman–Crippen MR) is 323 cm³/mol. The van der Waals surface area contributed by atoms with E-state index in [0.29, 0.717) is 43.4 Å². The number of sulfonamides is 2. The van der Waals surface area contributed by atoms with E-state index in [4.69, 9.17) is 32.4 Å². The van der Waals surface area contributed by atoms with Gasteiger partial charge in [-0.3, -0.25) is 18.2 Å². The van der Waals surface area contributed by atoms with Crippen LogP contribution in [-0.4, -0.2) is 138 Å². The number of ether oxygens (including phenoxy) is 4. The van der Waals surface area contributed by atoms with Crippen LogP contribution in [0.3, 0.4) is 0 Å². The number of anilines is 2. The van der Waals surface area contributed by atoms with E-state index in [0.717, 1.165) is 21.1 Å². The second kappa shape index (κ2) is 25.6. The molecule has 0 aliphatic carbocycles. The number of halogens is 3. The number of benzene rings is 4. The van der Waals surface area contributed by atoms with Gasteiger partial charge < -0.3 is 47.7 Å². The number of rotatable bonds is 14. The molecule has 86 heavy (non-hydrogen) atoms. The zero-order chi connectivity index (χ0) is 63.5. The number of hydrogen-bond donors (Lipinski definition) is 2. The molecule has 1 aliphatic rings. The Hall–Kier alpha value is -8.44. The zero-order valence-corrected chi connectivity index (χ0v) is 52.3. The summed E-state index contributed by atoms with van der Waals surface area (Å²) in [6.07, 6.45) is 2.12. The number of fused-ring (bicyclic) bond motifs is 2. The number of methoxy groups -OCH3 is 4. The number of esters is 2. The van der Waals surface area contributed by atoms with Crippen LogP contribution in [0.2, 0.25) is 0 Å². The molecule has 0 spiro atoms. The van der Waals surface area contributed by atoms with Gasteiger partial charge in [0, 0.05) is 73.2 Å². The standard InChI is InChI=1S/C26H24FN3O7S.C24H28BFN2O6S.C8H8BrNO3/c1-28-25(31)22-17-12-16(18-10-11-20(35-3)23(29-18)26(32)36-4)19(30(2)38(5,33)34)13-21(17)37-24(22)14-6-8-15(27)9-7-14;1-23(2)24(3,4)34-25(33-23)17-12-16-19(13-18(17)28(6)35(7,30)31)32-21(20(16)22(29)27-5)14-8-10-15(26)11-9-14;1-12-5-3-4-6(9)10-7(5)8(11)13-2/h6-13H,1-5H3,(H,28,31);8-13H,1-7H3,(H,27,29);3-4H,1-2H3. The minimum atomic E-state index is -3.75. The summed E-state index contributed by atoms with van der Waals surface area (Å²) >= 11 is 3.15. The first-order chi connectivity index (χ1) is 40.3. The van der Waals surface area contributed by atoms with Crippen LogP contribution in [0, 0.1) is 11.6 Å². The minimum absolute atomic E-state index is 0.119. The van der Waals surface area contributed by atoms with Crippen LogP contribution in [-0.2, 0) is 38.8 Å². The van der Waals surface area contributed by atoms with Gasteiger partial charge in [-0.1, -0.05) is 0 Å². The molecule has 4 aromatic carbocycles. The number of nitrogens with zero attached hydrogens (tertiary/aromatic N) is 4. The van der Waals surface area contributed by atoms with Crippen molar-refractivity contribution in [3.63, 3.8) is 0 Å². The third-order valence-electron chi connectivity index (χ3n) is 14.1. The summed E-state index contributed by atoms with van der Waals surface area (Å²) in [6.45, 7) is 7.58. The fourth-order valence-electron chi connectivity index (χ4n) is 8.68. The fraction of sp³-hybridized carbons (Fsp3) is 0.276. The molecular formula is C58H60BBrF2N6O16S2. The smallest absolute Gasteiger partial charge is 0.494 e. The second-order valence-electron chi connectivity index (χ2n) is 20.0. The van der Waals surface area contributed by atoms with Crippen molar-refractivity contribution in [2.24, 2.45) is 0 Å². The molecule has 4 aromatic heterocycles. The van der Waals surface area contributed by atoms with Gasteiger partial charge in [-0.05, 0) is 129 Å². The summed E-state index contributed by atoms with van der Waals surface area (Å²) in [4.78, 5) is 57.8. The van der Waals surface area contributed by atoms with Crippen molar-refractivity contribution in [1.82, 2.24) is 20.6 Å². The van der Waals surface area contributed by atoms with E-state index in [9.17, 15) is 44.8 Å². The van der Waals surface area contributed by atoms with Crippen molar-refractivity contribution < 1.29 is 81.9 Å². The maximum absolute atomic E-state index is 13.6. The Morgan fingerprint density at radius 2 is 1.00 bits per heavy atom. The fourth-order valence-corrected chi connectivity index (χ4v) is 10.0. The molecule has 0 bridgehead atoms. The van der Waals surface area contributed by atoms with Gasteiger partial charge in [0.2, 0.25) is 20.0 Å². The number of nitrogens with one attached hydrogen (secondary N) is 2. The maximum Gasteiger partial charge on any atom is 0.497 e. The average Bonchev–Trinajstić information content (AvgIpc) is 1.73. The van der Waals surface area contributed by atoms with Gasteiger partial charge in [0.15, 0.2) is 22.9 Å². The summed E-state index contributed by atoms with van der Waals surface area (Å²) in [5, 5.41) is 5.98. The van der Waals surface area contributed by atoms with Crippen molar-refractivity contribution in [2.75, 3.05) is 77.8 Å². The quantitative estimate of drug-likeness (QED) is 0.0584. The molecule has 8 aromatic rings. The first-order valence-electron chi connectivity index (χ1n) is 25.7. The second-order valence-corrected chi connectivity index (χ2v) is 24.9. The number of carbonyl (C=O) groups excluding carboxylic acids is 4. The third kappa shape index (κ3) is 13.5. The summed E-state index contributed by atoms with van der Waals surface area (Å²) in [5.41, 5.74) is 1.93. The van der Waals surface area contributed by atoms with Gasteiger partial charge in [0.05, 0.1) is 80.3 Å². The average molecular weight is 1290 g/mol. The summed E-state index contributed by atoms with van der Waals surface area (Å²) in [7, 11) is 2.76. The Bertz CT molecular complexity index is 4150. The Balaban J connectivity index is 0.000000204. The lowest BCUT2D eigenvalue weighted by molar-refractivity contribution is 0.00578. The largest absolute Gasteiger partial charge is 0.497 e. The topological polar surface area (TPSA) is 275 Å². The van der Waals surface area contributed by atoms with Gasteiger partial charge in [0.1, 0.15) is 38.9 Å². The maximum atomic E-state index is 13.6. The van der Waals surface area contributed by atoms with Gasteiger partial charge in [-0.15, -0.1) is 0 Å². The SMILES string of the molecule is CNC(=O)c1c(-c2ccc(F)cc2)oc2cc(N(C)S(C)(=O)=O)c(-c3ccc(OC)c(C(=O)OC)n3)cc12.CNC(=O)c1c(-c2ccc(F)cc2)oc2cc(N(C)S(C)(=O)=O)c(B3OC(C)(C)C(C)(C)O3)cc12.COC(=O)c1nc(Br)ccc1OC. The van der Waals surface area contributed by atoms with Crippen LogP contribution in [0.4, 0.5) is 20.2 Å². The Labute approximate surface area is 503 Å². The molecule has 2 amide bonds. The molecule has 0 radical (unpaired) electrons. The number of amides is 2. The van der Waals surface area contributed by atoms with Crippen LogP contribution in [0.15, 0.2) is 110 Å². The van der Waals surface area contributed by atoms with E-state index < -0.39 is 73.8 Å². The minimum Gasteiger partial charge on any atom is -0.494 e. The highest BCUT2D eigenvalue weighted by Crippen LogP contribution is 2.43. The molecule has 454 valence electrons. The Kier molecular flexibility index (Phi) is 19.4. The number of pyridine rings is 2. The van der Waals surface area contributed by atoms with Gasteiger partial charge in [0.25, 0.3) is 11.8 Å². The van der Waals surface area contributed by atoms with Crippen LogP contribution >= 0.6 is 15.9 Å². The lowest BCUT2D eigenvalue weighted by Gasteiger charge is -2.32. The van der Waals surface area contributed by atoms with Crippen molar-refractivity contribution >= 4 is 106 Å². The first kappa shape index (κ1) is 65.1. The van der Waals surface area contributed by atoms with E-state index >= 15 is 0 Å². The van der Waals surface area contributed by atoms with Crippen molar-refractivity contribution in [3.05, 3.63) is 136 Å². The van der Waals surface area contributed by atoms with E-state index in [1.807, 2.05) is 27.7 Å². The predicted octanol–water partition coefficient (Wildman–Crippen LogP) is 8.78. The summed E-state index contributed by atoms with van der Waals surface area (Å²) in [5.74, 6) is -2.08. The molecule has 0 unspecified atom stereocenters. The monoisotopic (exact) mass is 1290 g/mol. The lowest BCUT2D eigenvalue weighted by Crippen LogP contribution is -2.41.